The Morgan fingerprint density at radius 3 is 2.53 bits per heavy atom. The Kier molecular flexibility index (Phi) is 5.84. The first-order chi connectivity index (χ1) is 16.6. The fraction of sp³-hybridized carbons (Fsp3) is 0.179. The molecule has 6 nitrogen and oxygen atoms in total. The molecule has 0 saturated heterocycles. The number of rotatable bonds is 5. The van der Waals surface area contributed by atoms with Crippen molar-refractivity contribution in [2.75, 3.05) is 11.4 Å². The monoisotopic (exact) mass is 450 g/mol. The third-order valence-corrected chi connectivity index (χ3v) is 5.78. The predicted molar refractivity (Wildman–Crippen MR) is 128 cm³/mol. The highest BCUT2D eigenvalue weighted by Crippen LogP contribution is 2.27. The van der Waals surface area contributed by atoms with Crippen molar-refractivity contribution in [1.82, 2.24) is 0 Å². The first-order valence-electron chi connectivity index (χ1n) is 11.1. The molecule has 3 aromatic rings. The molecule has 0 bridgehead atoms. The van der Waals surface area contributed by atoms with E-state index in [1.165, 1.54) is 6.92 Å². The lowest BCUT2D eigenvalue weighted by Gasteiger charge is -2.27. The van der Waals surface area contributed by atoms with Crippen molar-refractivity contribution in [1.29, 1.82) is 0 Å². The van der Waals surface area contributed by atoms with Gasteiger partial charge >= 0.3 is 5.97 Å². The summed E-state index contributed by atoms with van der Waals surface area (Å²) in [6.45, 7) is 1.98. The van der Waals surface area contributed by atoms with E-state index in [1.54, 1.807) is 4.90 Å². The average Bonchev–Trinajstić information content (AvgIpc) is 3.33. The van der Waals surface area contributed by atoms with E-state index in [4.69, 9.17) is 9.57 Å². The SMILES string of the molecule is CC(=O)OCc1ccc(C2=NOC(CN3C(=O)c4ccccc4C#Cc4ccccc43)C2)cc1. The van der Waals surface area contributed by atoms with Crippen LogP contribution in [0, 0.1) is 11.8 Å². The van der Waals surface area contributed by atoms with Gasteiger partial charge in [-0.25, -0.2) is 0 Å². The van der Waals surface area contributed by atoms with Crippen LogP contribution in [0.4, 0.5) is 5.69 Å². The molecule has 5 rings (SSSR count). The number of anilines is 1. The van der Waals surface area contributed by atoms with Crippen molar-refractivity contribution in [2.24, 2.45) is 5.16 Å². The number of benzene rings is 3. The number of hydrogen-bond acceptors (Lipinski definition) is 5. The van der Waals surface area contributed by atoms with Gasteiger partial charge in [0.1, 0.15) is 6.61 Å². The van der Waals surface area contributed by atoms with E-state index in [1.807, 2.05) is 72.8 Å². The molecular formula is C28H22N2O4. The molecule has 0 radical (unpaired) electrons. The molecule has 1 atom stereocenters. The zero-order valence-corrected chi connectivity index (χ0v) is 18.7. The van der Waals surface area contributed by atoms with E-state index in [0.29, 0.717) is 24.1 Å². The van der Waals surface area contributed by atoms with Gasteiger partial charge in [-0.2, -0.15) is 0 Å². The molecule has 0 spiro atoms. The molecule has 2 aliphatic rings. The minimum atomic E-state index is -0.311. The summed E-state index contributed by atoms with van der Waals surface area (Å²) in [7, 11) is 0. The van der Waals surface area contributed by atoms with Crippen molar-refractivity contribution in [3.05, 3.63) is 101 Å². The lowest BCUT2D eigenvalue weighted by Crippen LogP contribution is -2.39. The molecule has 1 unspecified atom stereocenters. The molecule has 34 heavy (non-hydrogen) atoms. The van der Waals surface area contributed by atoms with Gasteiger partial charge in [0.05, 0.1) is 23.5 Å². The van der Waals surface area contributed by atoms with Crippen molar-refractivity contribution < 1.29 is 19.2 Å². The second kappa shape index (κ2) is 9.24. The van der Waals surface area contributed by atoms with Crippen molar-refractivity contribution in [2.45, 2.75) is 26.1 Å². The van der Waals surface area contributed by atoms with E-state index in [0.717, 1.165) is 28.1 Å². The maximum atomic E-state index is 13.6. The zero-order valence-electron chi connectivity index (χ0n) is 18.7. The Balaban J connectivity index is 1.35. The van der Waals surface area contributed by atoms with Crippen LogP contribution in [-0.4, -0.2) is 30.2 Å². The highest BCUT2D eigenvalue weighted by Gasteiger charge is 2.30. The predicted octanol–water partition coefficient (Wildman–Crippen LogP) is 4.30. The number of para-hydroxylation sites is 1. The third-order valence-electron chi connectivity index (χ3n) is 5.78. The second-order valence-electron chi connectivity index (χ2n) is 8.18. The highest BCUT2D eigenvalue weighted by molar-refractivity contribution is 6.09. The van der Waals surface area contributed by atoms with Crippen LogP contribution in [-0.2, 0) is 21.0 Å². The summed E-state index contributed by atoms with van der Waals surface area (Å²) in [6, 6.07) is 22.7. The lowest BCUT2D eigenvalue weighted by molar-refractivity contribution is -0.142. The van der Waals surface area contributed by atoms with Gasteiger partial charge in [-0.3, -0.25) is 9.59 Å². The molecule has 6 heteroatoms. The molecule has 0 aromatic heterocycles. The summed E-state index contributed by atoms with van der Waals surface area (Å²) in [5, 5.41) is 4.29. The topological polar surface area (TPSA) is 68.2 Å². The number of nitrogens with zero attached hydrogens (tertiary/aromatic N) is 2. The van der Waals surface area contributed by atoms with E-state index < -0.39 is 0 Å². The number of hydrogen-bond donors (Lipinski definition) is 0. The van der Waals surface area contributed by atoms with Gasteiger partial charge in [-0.1, -0.05) is 65.5 Å². The molecule has 168 valence electrons. The minimum absolute atomic E-state index is 0.107. The number of oxime groups is 1. The summed E-state index contributed by atoms with van der Waals surface area (Å²) in [4.78, 5) is 32.1. The fourth-order valence-corrected chi connectivity index (χ4v) is 4.04. The second-order valence-corrected chi connectivity index (χ2v) is 8.18. The van der Waals surface area contributed by atoms with Crippen LogP contribution < -0.4 is 4.90 Å². The number of amides is 1. The first-order valence-corrected chi connectivity index (χ1v) is 11.1. The Hall–Kier alpha value is -4.37. The van der Waals surface area contributed by atoms with E-state index in [-0.39, 0.29) is 24.6 Å². The highest BCUT2D eigenvalue weighted by atomic mass is 16.6. The smallest absolute Gasteiger partial charge is 0.302 e. The molecule has 3 aromatic carbocycles. The summed E-state index contributed by atoms with van der Waals surface area (Å²) >= 11 is 0. The standard InChI is InChI=1S/C28H22N2O4/c1-19(31)33-18-20-10-12-22(13-11-20)26-16-24(34-29-26)17-30-27-9-5-3-7-23(27)15-14-21-6-2-4-8-25(21)28(30)32/h2-13,24H,16-18H2,1H3. The molecule has 1 amide bonds. The first kappa shape index (κ1) is 21.5. The molecule has 0 aliphatic carbocycles. The molecule has 0 saturated carbocycles. The van der Waals surface area contributed by atoms with Crippen molar-refractivity contribution >= 4 is 23.3 Å². The van der Waals surface area contributed by atoms with E-state index >= 15 is 0 Å². The van der Waals surface area contributed by atoms with Gasteiger partial charge in [0.2, 0.25) is 0 Å². The molecule has 0 fully saturated rings. The molecule has 2 heterocycles. The third kappa shape index (κ3) is 4.41. The maximum Gasteiger partial charge on any atom is 0.302 e. The van der Waals surface area contributed by atoms with Crippen LogP contribution in [0.3, 0.4) is 0 Å². The normalized spacial score (nSPS) is 16.1. The summed E-state index contributed by atoms with van der Waals surface area (Å²) in [5.41, 5.74) is 5.51. The minimum Gasteiger partial charge on any atom is -0.461 e. The zero-order chi connectivity index (χ0) is 23.5. The van der Waals surface area contributed by atoms with Crippen LogP contribution in [0.25, 0.3) is 0 Å². The fourth-order valence-electron chi connectivity index (χ4n) is 4.04. The van der Waals surface area contributed by atoms with Crippen molar-refractivity contribution in [3.63, 3.8) is 0 Å². The number of carbonyl (C=O) groups excluding carboxylic acids is 2. The molecular weight excluding hydrogens is 428 g/mol. The van der Waals surface area contributed by atoms with Gasteiger partial charge in [0.25, 0.3) is 5.91 Å². The molecule has 2 aliphatic heterocycles. The van der Waals surface area contributed by atoms with Crippen molar-refractivity contribution in [3.8, 4) is 11.8 Å². The Morgan fingerprint density at radius 2 is 1.74 bits per heavy atom. The summed E-state index contributed by atoms with van der Waals surface area (Å²) < 4.78 is 5.04. The molecule has 0 N–H and O–H groups in total. The average molecular weight is 450 g/mol. The van der Waals surface area contributed by atoms with E-state index in [2.05, 4.69) is 17.0 Å². The van der Waals surface area contributed by atoms with Gasteiger partial charge < -0.3 is 14.5 Å². The number of carbonyl (C=O) groups is 2. The summed E-state index contributed by atoms with van der Waals surface area (Å²) in [6.07, 6.45) is 0.287. The lowest BCUT2D eigenvalue weighted by atomic mass is 10.0. The van der Waals surface area contributed by atoms with E-state index in [9.17, 15) is 9.59 Å². The van der Waals surface area contributed by atoms with Crippen LogP contribution in [0.15, 0.2) is 78.0 Å². The quantitative estimate of drug-likeness (QED) is 0.429. The van der Waals surface area contributed by atoms with Gasteiger partial charge in [-0.15, -0.1) is 0 Å². The Labute approximate surface area is 197 Å². The van der Waals surface area contributed by atoms with Crippen LogP contribution in [0.2, 0.25) is 0 Å². The van der Waals surface area contributed by atoms with Crippen LogP contribution in [0.5, 0.6) is 0 Å². The van der Waals surface area contributed by atoms with Gasteiger partial charge in [0.15, 0.2) is 6.10 Å². The van der Waals surface area contributed by atoms with Gasteiger partial charge in [-0.05, 0) is 35.4 Å². The Bertz CT molecular complexity index is 1350. The summed E-state index contributed by atoms with van der Waals surface area (Å²) in [5.74, 6) is 5.93. The van der Waals surface area contributed by atoms with Crippen LogP contribution in [0.1, 0.15) is 46.0 Å². The number of fused-ring (bicyclic) bond motifs is 2. The number of esters is 1. The van der Waals surface area contributed by atoms with Gasteiger partial charge in [0, 0.05) is 24.5 Å². The largest absolute Gasteiger partial charge is 0.461 e. The maximum absolute atomic E-state index is 13.6. The number of ether oxygens (including phenoxy) is 1. The van der Waals surface area contributed by atoms with Crippen LogP contribution >= 0.6 is 0 Å². The Morgan fingerprint density at radius 1 is 1.03 bits per heavy atom.